The fourth-order valence-corrected chi connectivity index (χ4v) is 2.75. The summed E-state index contributed by atoms with van der Waals surface area (Å²) >= 11 is 13.5. The average Bonchev–Trinajstić information content (AvgIpc) is 2.72. The van der Waals surface area contributed by atoms with Crippen LogP contribution in [0, 0.1) is 0 Å². The number of benzene rings is 1. The van der Waals surface area contributed by atoms with Crippen LogP contribution in [0.25, 0.3) is 10.6 Å². The second-order valence-electron chi connectivity index (χ2n) is 5.26. The van der Waals surface area contributed by atoms with Gasteiger partial charge in [0, 0.05) is 21.1 Å². The largest absolute Gasteiger partial charge is 0.306 e. The van der Waals surface area contributed by atoms with E-state index in [0.717, 1.165) is 15.6 Å². The molecule has 1 aromatic carbocycles. The van der Waals surface area contributed by atoms with E-state index in [1.165, 1.54) is 0 Å². The van der Waals surface area contributed by atoms with Crippen molar-refractivity contribution in [1.82, 2.24) is 15.5 Å². The third-order valence-corrected chi connectivity index (χ3v) is 3.76. The molecule has 2 rings (SSSR count). The third kappa shape index (κ3) is 4.42. The molecule has 0 amide bonds. The van der Waals surface area contributed by atoms with Gasteiger partial charge in [-0.2, -0.15) is 0 Å². The average molecular weight is 316 g/mol. The molecule has 19 heavy (non-hydrogen) atoms. The number of nitrogens with one attached hydrogen (secondary N) is 1. The molecule has 0 atom stereocenters. The van der Waals surface area contributed by atoms with Gasteiger partial charge in [0.2, 0.25) is 0 Å². The summed E-state index contributed by atoms with van der Waals surface area (Å²) in [6.07, 6.45) is 0. The zero-order chi connectivity index (χ0) is 14.0. The SMILES string of the molecule is CC(C)(C)NCc1nnc(-c2cc(Cl)cc(Cl)c2)s1. The molecule has 0 aliphatic rings. The summed E-state index contributed by atoms with van der Waals surface area (Å²) in [5, 5.41) is 14.7. The van der Waals surface area contributed by atoms with Crippen molar-refractivity contribution in [1.29, 1.82) is 0 Å². The number of halogens is 2. The summed E-state index contributed by atoms with van der Waals surface area (Å²) in [5.41, 5.74) is 0.961. The van der Waals surface area contributed by atoms with Crippen LogP contribution < -0.4 is 5.32 Å². The number of aromatic nitrogens is 2. The molecule has 0 bridgehead atoms. The zero-order valence-electron chi connectivity index (χ0n) is 11.0. The maximum atomic E-state index is 5.99. The molecule has 2 aromatic rings. The van der Waals surface area contributed by atoms with Crippen molar-refractivity contribution in [3.63, 3.8) is 0 Å². The van der Waals surface area contributed by atoms with Crippen molar-refractivity contribution < 1.29 is 0 Å². The zero-order valence-corrected chi connectivity index (χ0v) is 13.3. The Morgan fingerprint density at radius 1 is 1.11 bits per heavy atom. The van der Waals surface area contributed by atoms with Crippen molar-refractivity contribution in [3.8, 4) is 10.6 Å². The van der Waals surface area contributed by atoms with Gasteiger partial charge in [-0.05, 0) is 39.0 Å². The molecule has 1 heterocycles. The van der Waals surface area contributed by atoms with Crippen molar-refractivity contribution in [2.75, 3.05) is 0 Å². The van der Waals surface area contributed by atoms with Crippen LogP contribution in [0.15, 0.2) is 18.2 Å². The molecule has 1 aromatic heterocycles. The third-order valence-electron chi connectivity index (χ3n) is 2.35. The lowest BCUT2D eigenvalue weighted by Crippen LogP contribution is -2.35. The van der Waals surface area contributed by atoms with E-state index in [1.807, 2.05) is 12.1 Å². The van der Waals surface area contributed by atoms with Gasteiger partial charge in [0.05, 0.1) is 6.54 Å². The summed E-state index contributed by atoms with van der Waals surface area (Å²) < 4.78 is 0. The molecule has 102 valence electrons. The fraction of sp³-hybridized carbons (Fsp3) is 0.385. The van der Waals surface area contributed by atoms with E-state index in [0.29, 0.717) is 16.6 Å². The highest BCUT2D eigenvalue weighted by molar-refractivity contribution is 7.14. The van der Waals surface area contributed by atoms with Crippen molar-refractivity contribution >= 4 is 34.5 Å². The van der Waals surface area contributed by atoms with Crippen molar-refractivity contribution in [2.45, 2.75) is 32.9 Å². The van der Waals surface area contributed by atoms with E-state index in [4.69, 9.17) is 23.2 Å². The Labute approximate surface area is 127 Å². The lowest BCUT2D eigenvalue weighted by molar-refractivity contribution is 0.423. The van der Waals surface area contributed by atoms with E-state index >= 15 is 0 Å². The lowest BCUT2D eigenvalue weighted by atomic mass is 10.1. The first-order valence-electron chi connectivity index (χ1n) is 5.87. The smallest absolute Gasteiger partial charge is 0.147 e. The van der Waals surface area contributed by atoms with Gasteiger partial charge in [0.25, 0.3) is 0 Å². The van der Waals surface area contributed by atoms with E-state index in [9.17, 15) is 0 Å². The van der Waals surface area contributed by atoms with E-state index < -0.39 is 0 Å². The lowest BCUT2D eigenvalue weighted by Gasteiger charge is -2.19. The normalized spacial score (nSPS) is 11.8. The van der Waals surface area contributed by atoms with Gasteiger partial charge in [-0.3, -0.25) is 0 Å². The quantitative estimate of drug-likeness (QED) is 0.912. The van der Waals surface area contributed by atoms with Gasteiger partial charge in [0.1, 0.15) is 10.0 Å². The highest BCUT2D eigenvalue weighted by atomic mass is 35.5. The van der Waals surface area contributed by atoms with E-state index in [1.54, 1.807) is 17.4 Å². The predicted octanol–water partition coefficient (Wildman–Crippen LogP) is 4.40. The Hall–Kier alpha value is -0.680. The number of nitrogens with zero attached hydrogens (tertiary/aromatic N) is 2. The predicted molar refractivity (Wildman–Crippen MR) is 82.0 cm³/mol. The first-order chi connectivity index (χ1) is 8.83. The molecule has 0 aliphatic carbocycles. The van der Waals surface area contributed by atoms with Gasteiger partial charge >= 0.3 is 0 Å². The molecule has 0 fully saturated rings. The Balaban J connectivity index is 2.16. The first-order valence-corrected chi connectivity index (χ1v) is 7.45. The van der Waals surface area contributed by atoms with Crippen LogP contribution in [0.5, 0.6) is 0 Å². The highest BCUT2D eigenvalue weighted by Gasteiger charge is 2.12. The van der Waals surface area contributed by atoms with Gasteiger partial charge in [-0.1, -0.05) is 34.5 Å². The second kappa shape index (κ2) is 5.75. The molecule has 0 saturated carbocycles. The van der Waals surface area contributed by atoms with Gasteiger partial charge in [-0.15, -0.1) is 10.2 Å². The Bertz CT molecular complexity index is 555. The molecule has 0 spiro atoms. The van der Waals surface area contributed by atoms with Crippen LogP contribution in [0.3, 0.4) is 0 Å². The summed E-state index contributed by atoms with van der Waals surface area (Å²) in [7, 11) is 0. The fourth-order valence-electron chi connectivity index (χ4n) is 1.46. The maximum Gasteiger partial charge on any atom is 0.147 e. The first kappa shape index (κ1) is 14.7. The van der Waals surface area contributed by atoms with Gasteiger partial charge < -0.3 is 5.32 Å². The molecule has 1 N–H and O–H groups in total. The minimum absolute atomic E-state index is 0.0607. The Kier molecular flexibility index (Phi) is 4.46. The molecular weight excluding hydrogens is 301 g/mol. The van der Waals surface area contributed by atoms with Crippen LogP contribution in [-0.2, 0) is 6.54 Å². The molecule has 6 heteroatoms. The van der Waals surface area contributed by atoms with Crippen LogP contribution in [0.1, 0.15) is 25.8 Å². The maximum absolute atomic E-state index is 5.99. The number of hydrogen-bond donors (Lipinski definition) is 1. The molecule has 3 nitrogen and oxygen atoms in total. The van der Waals surface area contributed by atoms with Crippen LogP contribution in [0.4, 0.5) is 0 Å². The summed E-state index contributed by atoms with van der Waals surface area (Å²) in [6, 6.07) is 5.39. The minimum Gasteiger partial charge on any atom is -0.306 e. The number of hydrogen-bond acceptors (Lipinski definition) is 4. The van der Waals surface area contributed by atoms with Crippen LogP contribution >= 0.6 is 34.5 Å². The Morgan fingerprint density at radius 3 is 2.32 bits per heavy atom. The van der Waals surface area contributed by atoms with Crippen molar-refractivity contribution in [2.24, 2.45) is 0 Å². The number of rotatable bonds is 3. The topological polar surface area (TPSA) is 37.8 Å². The summed E-state index contributed by atoms with van der Waals surface area (Å²) in [4.78, 5) is 0. The monoisotopic (exact) mass is 315 g/mol. The van der Waals surface area contributed by atoms with E-state index in [-0.39, 0.29) is 5.54 Å². The van der Waals surface area contributed by atoms with E-state index in [2.05, 4.69) is 36.3 Å². The molecular formula is C13H15Cl2N3S. The standard InChI is InChI=1S/C13H15Cl2N3S/c1-13(2,3)16-7-11-17-18-12(19-11)8-4-9(14)6-10(15)5-8/h4-6,16H,7H2,1-3H3. The molecule has 0 aliphatic heterocycles. The molecule has 0 unspecified atom stereocenters. The van der Waals surface area contributed by atoms with Gasteiger partial charge in [-0.25, -0.2) is 0 Å². The molecule has 0 saturated heterocycles. The summed E-state index contributed by atoms with van der Waals surface area (Å²) in [5.74, 6) is 0. The molecule has 0 radical (unpaired) electrons. The second-order valence-corrected chi connectivity index (χ2v) is 7.20. The Morgan fingerprint density at radius 2 is 1.74 bits per heavy atom. The van der Waals surface area contributed by atoms with Crippen LogP contribution in [-0.4, -0.2) is 15.7 Å². The minimum atomic E-state index is 0.0607. The summed E-state index contributed by atoms with van der Waals surface area (Å²) in [6.45, 7) is 7.05. The van der Waals surface area contributed by atoms with Crippen molar-refractivity contribution in [3.05, 3.63) is 33.3 Å². The highest BCUT2D eigenvalue weighted by Crippen LogP contribution is 2.29. The van der Waals surface area contributed by atoms with Crippen LogP contribution in [0.2, 0.25) is 10.0 Å². The van der Waals surface area contributed by atoms with Gasteiger partial charge in [0.15, 0.2) is 0 Å².